The van der Waals surface area contributed by atoms with E-state index in [4.69, 9.17) is 40.2 Å². The molecule has 0 bridgehead atoms. The van der Waals surface area contributed by atoms with Gasteiger partial charge in [-0.3, -0.25) is 24.2 Å². The molecule has 39 heavy (non-hydrogen) atoms. The van der Waals surface area contributed by atoms with Crippen LogP contribution < -0.4 is 0 Å². The maximum absolute atomic E-state index is 11.9. The normalized spacial score (nSPS) is 21.4. The SMILES string of the molecule is CCOC(=O)C1CC(=O)C(=C(O)C2CC2)C(=O)C1.OC(Cc1ccccc1Cl)(Cn1[nH]cnc1=S)C1(Cl)CC1. The summed E-state index contributed by atoms with van der Waals surface area (Å²) in [6.07, 6.45) is 4.97. The molecule has 1 atom stereocenters. The number of halogens is 2. The molecule has 5 rings (SSSR count). The van der Waals surface area contributed by atoms with E-state index in [-0.39, 0.29) is 43.2 Å². The minimum Gasteiger partial charge on any atom is -0.511 e. The number of aromatic amines is 1. The summed E-state index contributed by atoms with van der Waals surface area (Å²) in [7, 11) is 0. The fourth-order valence-corrected chi connectivity index (χ4v) is 5.29. The number of carbonyl (C=O) groups is 3. The number of benzene rings is 1. The monoisotopic (exact) mass is 595 g/mol. The van der Waals surface area contributed by atoms with E-state index >= 15 is 0 Å². The summed E-state index contributed by atoms with van der Waals surface area (Å²) in [5, 5.41) is 24.5. The van der Waals surface area contributed by atoms with Gasteiger partial charge < -0.3 is 14.9 Å². The highest BCUT2D eigenvalue weighted by Crippen LogP contribution is 2.53. The van der Waals surface area contributed by atoms with Crippen molar-refractivity contribution in [1.82, 2.24) is 14.8 Å². The Kier molecular flexibility index (Phi) is 9.00. The highest BCUT2D eigenvalue weighted by molar-refractivity contribution is 7.71. The van der Waals surface area contributed by atoms with Gasteiger partial charge in [-0.25, -0.2) is 4.98 Å². The van der Waals surface area contributed by atoms with Crippen LogP contribution in [0.15, 0.2) is 41.9 Å². The Bertz CT molecular complexity index is 1330. The van der Waals surface area contributed by atoms with Gasteiger partial charge in [-0.2, -0.15) is 0 Å². The first-order valence-corrected chi connectivity index (χ1v) is 14.1. The molecule has 3 aliphatic rings. The van der Waals surface area contributed by atoms with E-state index in [2.05, 4.69) is 10.1 Å². The van der Waals surface area contributed by atoms with Gasteiger partial charge in [-0.05, 0) is 56.5 Å². The molecule has 3 saturated carbocycles. The predicted octanol–water partition coefficient (Wildman–Crippen LogP) is 4.66. The average Bonchev–Trinajstić information content (AvgIpc) is 3.81. The molecule has 3 fully saturated rings. The van der Waals surface area contributed by atoms with E-state index < -0.39 is 33.9 Å². The minimum absolute atomic E-state index is 0.0351. The smallest absolute Gasteiger partial charge is 0.309 e. The number of ether oxygens (including phenoxy) is 1. The van der Waals surface area contributed by atoms with E-state index in [1.165, 1.54) is 6.33 Å². The number of rotatable bonds is 8. The van der Waals surface area contributed by atoms with Crippen LogP contribution in [-0.4, -0.2) is 59.6 Å². The third-order valence-electron chi connectivity index (χ3n) is 7.26. The molecule has 9 nitrogen and oxygen atoms in total. The lowest BCUT2D eigenvalue weighted by Crippen LogP contribution is -2.47. The molecule has 3 aliphatic carbocycles. The number of H-pyrrole nitrogens is 1. The van der Waals surface area contributed by atoms with E-state index in [0.717, 1.165) is 31.2 Å². The largest absolute Gasteiger partial charge is 0.511 e. The zero-order valence-electron chi connectivity index (χ0n) is 21.5. The number of alkyl halides is 1. The van der Waals surface area contributed by atoms with Crippen molar-refractivity contribution in [2.24, 2.45) is 11.8 Å². The molecule has 12 heteroatoms. The van der Waals surface area contributed by atoms with Gasteiger partial charge in [0.25, 0.3) is 0 Å². The lowest BCUT2D eigenvalue weighted by Gasteiger charge is -2.33. The molecule has 1 aromatic carbocycles. The molecular formula is C27H31Cl2N3O6S. The Balaban J connectivity index is 0.000000183. The fourth-order valence-electron chi connectivity index (χ4n) is 4.69. The van der Waals surface area contributed by atoms with Crippen LogP contribution in [0.3, 0.4) is 0 Å². The van der Waals surface area contributed by atoms with Crippen LogP contribution in [0.2, 0.25) is 5.02 Å². The number of esters is 1. The van der Waals surface area contributed by atoms with E-state index in [9.17, 15) is 24.6 Å². The molecular weight excluding hydrogens is 565 g/mol. The lowest BCUT2D eigenvalue weighted by molar-refractivity contribution is -0.151. The minimum atomic E-state index is -1.13. The molecule has 0 aliphatic heterocycles. The Morgan fingerprint density at radius 2 is 1.87 bits per heavy atom. The third-order valence-corrected chi connectivity index (χ3v) is 8.69. The second-order valence-electron chi connectivity index (χ2n) is 10.3. The molecule has 1 aromatic heterocycles. The van der Waals surface area contributed by atoms with Crippen LogP contribution in [-0.2, 0) is 32.1 Å². The fraction of sp³-hybridized carbons (Fsp3) is 0.519. The molecule has 3 N–H and O–H groups in total. The van der Waals surface area contributed by atoms with Crippen molar-refractivity contribution in [2.45, 2.75) is 68.9 Å². The second-order valence-corrected chi connectivity index (χ2v) is 11.8. The maximum Gasteiger partial charge on any atom is 0.309 e. The number of hydrogen-bond acceptors (Lipinski definition) is 8. The number of ketones is 2. The Labute approximate surface area is 241 Å². The van der Waals surface area contributed by atoms with E-state index in [1.807, 2.05) is 24.3 Å². The van der Waals surface area contributed by atoms with E-state index in [1.54, 1.807) is 11.6 Å². The number of nitrogens with one attached hydrogen (secondary N) is 1. The zero-order chi connectivity index (χ0) is 28.4. The van der Waals surface area contributed by atoms with Crippen LogP contribution in [0.4, 0.5) is 0 Å². The summed E-state index contributed by atoms with van der Waals surface area (Å²) in [6, 6.07) is 7.48. The molecule has 1 unspecified atom stereocenters. The standard InChI is InChI=1S/C14H15Cl2N3OS.C13H16O5/c15-11-4-2-1-3-10(11)7-14(20,13(16)5-6-13)8-19-12(21)17-9-18-19;1-2-18-13(17)8-5-9(14)11(10(15)6-8)12(16)7-3-4-7/h1-4,9,20H,5-8H2,(H,17,18,21);7-8,16H,2-6H2,1H3. The number of aliphatic hydroxyl groups is 2. The van der Waals surface area contributed by atoms with Gasteiger partial charge in [0.2, 0.25) is 4.77 Å². The summed E-state index contributed by atoms with van der Waals surface area (Å²) >= 11 is 17.9. The summed E-state index contributed by atoms with van der Waals surface area (Å²) in [4.78, 5) is 38.5. The average molecular weight is 597 g/mol. The van der Waals surface area contributed by atoms with E-state index in [0.29, 0.717) is 16.2 Å². The quantitative estimate of drug-likeness (QED) is 0.100. The van der Waals surface area contributed by atoms with Crippen molar-refractivity contribution in [3.8, 4) is 0 Å². The second kappa shape index (κ2) is 11.9. The van der Waals surface area contributed by atoms with Crippen LogP contribution in [0.1, 0.15) is 51.0 Å². The number of nitrogens with zero attached hydrogens (tertiary/aromatic N) is 2. The highest BCUT2D eigenvalue weighted by Gasteiger charge is 2.58. The maximum atomic E-state index is 11.9. The predicted molar refractivity (Wildman–Crippen MR) is 147 cm³/mol. The zero-order valence-corrected chi connectivity index (χ0v) is 23.8. The number of aromatic nitrogens is 3. The van der Waals surface area contributed by atoms with Gasteiger partial charge in [0, 0.05) is 30.2 Å². The summed E-state index contributed by atoms with van der Waals surface area (Å²) in [5.74, 6) is -2.19. The van der Waals surface area contributed by atoms with Crippen LogP contribution >= 0.6 is 35.4 Å². The molecule has 0 saturated heterocycles. The van der Waals surface area contributed by atoms with Crippen molar-refractivity contribution in [1.29, 1.82) is 0 Å². The Hall–Kier alpha value is -2.53. The molecule has 0 radical (unpaired) electrons. The van der Waals surface area contributed by atoms with Crippen molar-refractivity contribution < 1.29 is 29.3 Å². The molecule has 2 aromatic rings. The first kappa shape index (κ1) is 29.5. The van der Waals surface area contributed by atoms with Crippen molar-refractivity contribution >= 4 is 53.0 Å². The van der Waals surface area contributed by atoms with Gasteiger partial charge in [-0.1, -0.05) is 29.8 Å². The van der Waals surface area contributed by atoms with Gasteiger partial charge in [0.1, 0.15) is 17.7 Å². The molecule has 0 spiro atoms. The summed E-state index contributed by atoms with van der Waals surface area (Å²) < 4.78 is 6.84. The van der Waals surface area contributed by atoms with Crippen LogP contribution in [0, 0.1) is 16.6 Å². The van der Waals surface area contributed by atoms with Crippen LogP contribution in [0.25, 0.3) is 0 Å². The number of allylic oxidation sites excluding steroid dienone is 2. The first-order valence-electron chi connectivity index (χ1n) is 12.9. The van der Waals surface area contributed by atoms with Crippen LogP contribution in [0.5, 0.6) is 0 Å². The van der Waals surface area contributed by atoms with Crippen molar-refractivity contribution in [2.75, 3.05) is 6.61 Å². The lowest BCUT2D eigenvalue weighted by atomic mass is 9.82. The number of aliphatic hydroxyl groups excluding tert-OH is 1. The first-order chi connectivity index (χ1) is 18.5. The number of hydrogen-bond donors (Lipinski definition) is 3. The number of carbonyl (C=O) groups excluding carboxylic acids is 3. The van der Waals surface area contributed by atoms with Gasteiger partial charge in [0.05, 0.1) is 29.5 Å². The third kappa shape index (κ3) is 6.80. The Morgan fingerprint density at radius 1 is 1.23 bits per heavy atom. The Morgan fingerprint density at radius 3 is 2.38 bits per heavy atom. The molecule has 210 valence electrons. The van der Waals surface area contributed by atoms with Crippen molar-refractivity contribution in [3.05, 3.63) is 57.3 Å². The summed E-state index contributed by atoms with van der Waals surface area (Å²) in [5.41, 5.74) is -0.345. The molecule has 0 amide bonds. The van der Waals surface area contributed by atoms with Crippen molar-refractivity contribution in [3.63, 3.8) is 0 Å². The summed E-state index contributed by atoms with van der Waals surface area (Å²) in [6.45, 7) is 2.17. The molecule has 1 heterocycles. The van der Waals surface area contributed by atoms with Gasteiger partial charge >= 0.3 is 5.97 Å². The van der Waals surface area contributed by atoms with Gasteiger partial charge in [0.15, 0.2) is 11.6 Å². The number of Topliss-reactive ketones (excluding diaryl/α,β-unsaturated/α-hetero) is 2. The topological polar surface area (TPSA) is 135 Å². The highest BCUT2D eigenvalue weighted by atomic mass is 35.5. The van der Waals surface area contributed by atoms with Gasteiger partial charge in [-0.15, -0.1) is 11.6 Å².